The molecule has 0 bridgehead atoms. The van der Waals surface area contributed by atoms with Crippen LogP contribution in [0.2, 0.25) is 5.02 Å². The van der Waals surface area contributed by atoms with Gasteiger partial charge in [-0.3, -0.25) is 0 Å². The van der Waals surface area contributed by atoms with Gasteiger partial charge in [0.1, 0.15) is 4.88 Å². The Morgan fingerprint density at radius 3 is 2.95 bits per heavy atom. The lowest BCUT2D eigenvalue weighted by Gasteiger charge is -2.27. The first-order valence-corrected chi connectivity index (χ1v) is 8.47. The van der Waals surface area contributed by atoms with Gasteiger partial charge in [0.25, 0.3) is 0 Å². The molecular formula is C15H20ClNO2S. The minimum atomic E-state index is -0.282. The van der Waals surface area contributed by atoms with Gasteiger partial charge in [0.2, 0.25) is 0 Å². The number of hydrogen-bond donors (Lipinski definition) is 1. The van der Waals surface area contributed by atoms with Crippen molar-refractivity contribution in [1.82, 2.24) is 5.32 Å². The number of thiophene rings is 1. The van der Waals surface area contributed by atoms with Crippen molar-refractivity contribution in [2.45, 2.75) is 57.5 Å². The van der Waals surface area contributed by atoms with Crippen molar-refractivity contribution in [3.05, 3.63) is 20.3 Å². The number of nitrogens with one attached hydrogen (secondary N) is 1. The number of hydrogen-bond acceptors (Lipinski definition) is 4. The van der Waals surface area contributed by atoms with Crippen LogP contribution in [0.15, 0.2) is 0 Å². The number of esters is 1. The van der Waals surface area contributed by atoms with Crippen LogP contribution in [0.3, 0.4) is 0 Å². The Labute approximate surface area is 128 Å². The molecule has 1 N–H and O–H groups in total. The molecule has 1 aromatic heterocycles. The Balaban J connectivity index is 1.77. The topological polar surface area (TPSA) is 38.3 Å². The Bertz CT molecular complexity index is 536. The van der Waals surface area contributed by atoms with Crippen LogP contribution in [0, 0.1) is 0 Å². The van der Waals surface area contributed by atoms with Gasteiger partial charge in [-0.15, -0.1) is 11.3 Å². The van der Waals surface area contributed by atoms with Gasteiger partial charge < -0.3 is 10.1 Å². The number of aryl methyl sites for hydroxylation is 1. The molecule has 1 heterocycles. The van der Waals surface area contributed by atoms with Crippen LogP contribution in [0.5, 0.6) is 0 Å². The molecule has 110 valence electrons. The largest absolute Gasteiger partial charge is 0.462 e. The molecule has 1 saturated carbocycles. The predicted octanol–water partition coefficient (Wildman–Crippen LogP) is 3.58. The molecule has 5 heteroatoms. The molecule has 3 nitrogen and oxygen atoms in total. The number of ether oxygens (including phenoxy) is 1. The summed E-state index contributed by atoms with van der Waals surface area (Å²) in [5.41, 5.74) is 1.50. The highest BCUT2D eigenvalue weighted by Crippen LogP contribution is 2.40. The summed E-state index contributed by atoms with van der Waals surface area (Å²) in [5, 5.41) is 4.35. The van der Waals surface area contributed by atoms with E-state index in [1.54, 1.807) is 0 Å². The summed E-state index contributed by atoms with van der Waals surface area (Å²) in [5.74, 6) is -0.282. The zero-order chi connectivity index (χ0) is 14.3. The average Bonchev–Trinajstić information content (AvgIpc) is 3.04. The Kier molecular flexibility index (Phi) is 3.82. The average molecular weight is 314 g/mol. The van der Waals surface area contributed by atoms with Gasteiger partial charge in [-0.2, -0.15) is 0 Å². The molecule has 0 radical (unpaired) electrons. The highest BCUT2D eigenvalue weighted by molar-refractivity contribution is 7.14. The molecule has 0 aromatic carbocycles. The molecule has 1 unspecified atom stereocenters. The van der Waals surface area contributed by atoms with Crippen molar-refractivity contribution < 1.29 is 9.53 Å². The van der Waals surface area contributed by atoms with Crippen molar-refractivity contribution in [2.75, 3.05) is 6.61 Å². The van der Waals surface area contributed by atoms with Gasteiger partial charge in [-0.05, 0) is 51.5 Å². The first-order chi connectivity index (χ1) is 9.52. The van der Waals surface area contributed by atoms with Crippen LogP contribution in [-0.2, 0) is 17.6 Å². The Morgan fingerprint density at radius 2 is 2.30 bits per heavy atom. The lowest BCUT2D eigenvalue weighted by molar-refractivity contribution is 0.0532. The maximum atomic E-state index is 11.9. The van der Waals surface area contributed by atoms with E-state index in [1.165, 1.54) is 29.1 Å². The predicted molar refractivity (Wildman–Crippen MR) is 81.9 cm³/mol. The third-order valence-electron chi connectivity index (χ3n) is 4.21. The van der Waals surface area contributed by atoms with Gasteiger partial charge in [-0.25, -0.2) is 4.79 Å². The zero-order valence-electron chi connectivity index (χ0n) is 11.9. The van der Waals surface area contributed by atoms with Crippen LogP contribution in [0.25, 0.3) is 0 Å². The number of fused-ring (bicyclic) bond motifs is 1. The smallest absolute Gasteiger partial charge is 0.349 e. The molecule has 0 amide bonds. The Morgan fingerprint density at radius 1 is 1.55 bits per heavy atom. The normalized spacial score (nSPS) is 23.2. The summed E-state index contributed by atoms with van der Waals surface area (Å²) in [6.45, 7) is 4.48. The second-order valence-electron chi connectivity index (χ2n) is 6.01. The molecule has 1 atom stereocenters. The van der Waals surface area contributed by atoms with E-state index in [1.807, 2.05) is 6.92 Å². The summed E-state index contributed by atoms with van der Waals surface area (Å²) in [6.07, 6.45) is 5.60. The van der Waals surface area contributed by atoms with Crippen molar-refractivity contribution in [1.29, 1.82) is 0 Å². The summed E-state index contributed by atoms with van der Waals surface area (Å²) in [7, 11) is 0. The summed E-state index contributed by atoms with van der Waals surface area (Å²) < 4.78 is 5.08. The number of carbonyl (C=O) groups is 1. The molecule has 0 spiro atoms. The fourth-order valence-electron chi connectivity index (χ4n) is 2.82. The molecule has 0 saturated heterocycles. The fraction of sp³-hybridized carbons (Fsp3) is 0.667. The van der Waals surface area contributed by atoms with Crippen molar-refractivity contribution >= 4 is 28.9 Å². The van der Waals surface area contributed by atoms with Crippen molar-refractivity contribution in [2.24, 2.45) is 0 Å². The van der Waals surface area contributed by atoms with E-state index in [4.69, 9.17) is 16.3 Å². The first kappa shape index (κ1) is 14.4. The molecule has 2 aliphatic rings. The SMILES string of the molecule is CCOC(=O)c1sc2c(c1Cl)CC(NC1(C)CC1)CC2. The van der Waals surface area contributed by atoms with Crippen molar-refractivity contribution in [3.8, 4) is 0 Å². The van der Waals surface area contributed by atoms with E-state index < -0.39 is 0 Å². The standard InChI is InChI=1S/C15H20ClNO2S/c1-3-19-14(18)13-12(16)10-8-9(4-5-11(10)20-13)17-15(2)6-7-15/h9,17H,3-8H2,1-2H3. The van der Waals surface area contributed by atoms with Crippen LogP contribution in [0.4, 0.5) is 0 Å². The third-order valence-corrected chi connectivity index (χ3v) is 6.01. The highest BCUT2D eigenvalue weighted by atomic mass is 35.5. The van der Waals surface area contributed by atoms with E-state index in [-0.39, 0.29) is 5.97 Å². The van der Waals surface area contributed by atoms with E-state index in [9.17, 15) is 4.79 Å². The monoisotopic (exact) mass is 313 g/mol. The fourth-order valence-corrected chi connectivity index (χ4v) is 4.39. The zero-order valence-corrected chi connectivity index (χ0v) is 13.5. The molecule has 2 aliphatic carbocycles. The van der Waals surface area contributed by atoms with Crippen molar-refractivity contribution in [3.63, 3.8) is 0 Å². The minimum Gasteiger partial charge on any atom is -0.462 e. The van der Waals surface area contributed by atoms with E-state index in [2.05, 4.69) is 12.2 Å². The number of rotatable bonds is 4. The van der Waals surface area contributed by atoms with Gasteiger partial charge in [0.15, 0.2) is 0 Å². The van der Waals surface area contributed by atoms with Gasteiger partial charge in [0, 0.05) is 16.5 Å². The van der Waals surface area contributed by atoms with E-state index in [0.29, 0.717) is 28.1 Å². The lowest BCUT2D eigenvalue weighted by atomic mass is 9.93. The molecule has 0 aliphatic heterocycles. The third kappa shape index (κ3) is 2.74. The maximum Gasteiger partial charge on any atom is 0.349 e. The highest BCUT2D eigenvalue weighted by Gasteiger charge is 2.40. The van der Waals surface area contributed by atoms with Gasteiger partial charge in [-0.1, -0.05) is 11.6 Å². The van der Waals surface area contributed by atoms with Crippen LogP contribution < -0.4 is 5.32 Å². The summed E-state index contributed by atoms with van der Waals surface area (Å²) in [6, 6.07) is 0.483. The molecule has 1 aromatic rings. The summed E-state index contributed by atoms with van der Waals surface area (Å²) >= 11 is 7.92. The van der Waals surface area contributed by atoms with Crippen LogP contribution >= 0.6 is 22.9 Å². The van der Waals surface area contributed by atoms with E-state index >= 15 is 0 Å². The first-order valence-electron chi connectivity index (χ1n) is 7.27. The second kappa shape index (κ2) is 5.32. The lowest BCUT2D eigenvalue weighted by Crippen LogP contribution is -2.41. The number of carbonyl (C=O) groups excluding carboxylic acids is 1. The van der Waals surface area contributed by atoms with Gasteiger partial charge >= 0.3 is 5.97 Å². The van der Waals surface area contributed by atoms with Crippen LogP contribution in [0.1, 0.15) is 53.2 Å². The van der Waals surface area contributed by atoms with Gasteiger partial charge in [0.05, 0.1) is 11.6 Å². The maximum absolute atomic E-state index is 11.9. The quantitative estimate of drug-likeness (QED) is 0.864. The summed E-state index contributed by atoms with van der Waals surface area (Å²) in [4.78, 5) is 13.7. The molecule has 20 heavy (non-hydrogen) atoms. The Hall–Kier alpha value is -0.580. The number of halogens is 1. The molecular weight excluding hydrogens is 294 g/mol. The molecule has 1 fully saturated rings. The van der Waals surface area contributed by atoms with E-state index in [0.717, 1.165) is 24.8 Å². The minimum absolute atomic E-state index is 0.282. The van der Waals surface area contributed by atoms with Crippen LogP contribution in [-0.4, -0.2) is 24.2 Å². The molecule has 3 rings (SSSR count). The second-order valence-corrected chi connectivity index (χ2v) is 7.50.